The van der Waals surface area contributed by atoms with Crippen molar-refractivity contribution in [2.24, 2.45) is 11.8 Å². The molecule has 32 heavy (non-hydrogen) atoms. The second-order valence-corrected chi connectivity index (χ2v) is 10.7. The Morgan fingerprint density at radius 1 is 1.03 bits per heavy atom. The number of benzene rings is 2. The van der Waals surface area contributed by atoms with Crippen LogP contribution in [0, 0.1) is 11.8 Å². The van der Waals surface area contributed by atoms with E-state index in [-0.39, 0.29) is 29.7 Å². The van der Waals surface area contributed by atoms with Crippen LogP contribution in [0.4, 0.5) is 5.69 Å². The standard InChI is InChI=1S/C23H28ClN3O4S/c1-16-13-17(2)15-27(14-16)32(30,31)19-9-7-18(8-10-19)26-22(28)11-12-25-23(29)20-5-3-4-6-21(20)24/h3-10,16-17H,11-15H2,1-2H3,(H,25,29)(H,26,28)/t16-,17-/m0/s1. The van der Waals surface area contributed by atoms with E-state index in [1.54, 1.807) is 40.7 Å². The number of hydrogen-bond acceptors (Lipinski definition) is 4. The molecule has 0 bridgehead atoms. The minimum absolute atomic E-state index is 0.0692. The summed E-state index contributed by atoms with van der Waals surface area (Å²) in [7, 11) is -3.56. The molecular weight excluding hydrogens is 450 g/mol. The van der Waals surface area contributed by atoms with E-state index < -0.39 is 10.0 Å². The Hall–Kier alpha value is -2.42. The number of rotatable bonds is 7. The van der Waals surface area contributed by atoms with Gasteiger partial charge in [-0.1, -0.05) is 37.6 Å². The lowest BCUT2D eigenvalue weighted by molar-refractivity contribution is -0.116. The molecule has 2 aromatic carbocycles. The number of halogens is 1. The van der Waals surface area contributed by atoms with Gasteiger partial charge in [0.05, 0.1) is 15.5 Å². The molecule has 1 fully saturated rings. The molecule has 1 aliphatic heterocycles. The van der Waals surface area contributed by atoms with Gasteiger partial charge in [-0.15, -0.1) is 0 Å². The molecule has 2 N–H and O–H groups in total. The van der Waals surface area contributed by atoms with Gasteiger partial charge >= 0.3 is 0 Å². The summed E-state index contributed by atoms with van der Waals surface area (Å²) < 4.78 is 27.4. The summed E-state index contributed by atoms with van der Waals surface area (Å²) in [6.07, 6.45) is 1.09. The molecule has 2 aromatic rings. The molecule has 0 aromatic heterocycles. The lowest BCUT2D eigenvalue weighted by Crippen LogP contribution is -2.42. The van der Waals surface area contributed by atoms with E-state index in [0.29, 0.717) is 41.2 Å². The molecule has 0 aliphatic carbocycles. The molecular formula is C23H28ClN3O4S. The van der Waals surface area contributed by atoms with Crippen molar-refractivity contribution in [3.63, 3.8) is 0 Å². The summed E-state index contributed by atoms with van der Waals surface area (Å²) in [5.41, 5.74) is 0.843. The Morgan fingerprint density at radius 3 is 2.28 bits per heavy atom. The van der Waals surface area contributed by atoms with Crippen LogP contribution in [0.15, 0.2) is 53.4 Å². The van der Waals surface area contributed by atoms with E-state index in [1.807, 2.05) is 0 Å². The van der Waals surface area contributed by atoms with Crippen molar-refractivity contribution in [2.75, 3.05) is 25.0 Å². The molecule has 0 unspecified atom stereocenters. The molecule has 3 rings (SSSR count). The molecule has 1 heterocycles. The number of carbonyl (C=O) groups excluding carboxylic acids is 2. The van der Waals surface area contributed by atoms with Crippen molar-refractivity contribution < 1.29 is 18.0 Å². The third kappa shape index (κ3) is 6.09. The van der Waals surface area contributed by atoms with Gasteiger partial charge in [-0.3, -0.25) is 9.59 Å². The minimum atomic E-state index is -3.56. The van der Waals surface area contributed by atoms with Gasteiger partial charge in [-0.05, 0) is 54.7 Å². The summed E-state index contributed by atoms with van der Waals surface area (Å²) >= 11 is 5.99. The third-order valence-electron chi connectivity index (χ3n) is 5.37. The van der Waals surface area contributed by atoms with E-state index in [4.69, 9.17) is 11.6 Å². The smallest absolute Gasteiger partial charge is 0.252 e. The molecule has 2 atom stereocenters. The molecule has 172 valence electrons. The molecule has 0 spiro atoms. The highest BCUT2D eigenvalue weighted by atomic mass is 35.5. The molecule has 7 nitrogen and oxygen atoms in total. The fraction of sp³-hybridized carbons (Fsp3) is 0.391. The van der Waals surface area contributed by atoms with Crippen molar-refractivity contribution in [1.29, 1.82) is 0 Å². The van der Waals surface area contributed by atoms with Crippen molar-refractivity contribution in [2.45, 2.75) is 31.6 Å². The second-order valence-electron chi connectivity index (χ2n) is 8.33. The molecule has 0 saturated carbocycles. The SMILES string of the molecule is C[C@H]1C[C@H](C)CN(S(=O)(=O)c2ccc(NC(=O)CCNC(=O)c3ccccc3Cl)cc2)C1. The summed E-state index contributed by atoms with van der Waals surface area (Å²) in [6, 6.07) is 12.8. The number of anilines is 1. The number of carbonyl (C=O) groups is 2. The number of hydrogen-bond donors (Lipinski definition) is 2. The molecule has 2 amide bonds. The third-order valence-corrected chi connectivity index (χ3v) is 7.54. The zero-order valence-electron chi connectivity index (χ0n) is 18.2. The van der Waals surface area contributed by atoms with Gasteiger partial charge in [0.2, 0.25) is 15.9 Å². The molecule has 1 aliphatic rings. The number of nitrogens with zero attached hydrogens (tertiary/aromatic N) is 1. The fourth-order valence-electron chi connectivity index (χ4n) is 3.91. The number of sulfonamides is 1. The van der Waals surface area contributed by atoms with Crippen LogP contribution in [0.25, 0.3) is 0 Å². The quantitative estimate of drug-likeness (QED) is 0.634. The first kappa shape index (κ1) is 24.2. The van der Waals surface area contributed by atoms with Gasteiger partial charge in [0.1, 0.15) is 0 Å². The van der Waals surface area contributed by atoms with Gasteiger partial charge in [0, 0.05) is 31.7 Å². The maximum atomic E-state index is 12.9. The Bertz CT molecular complexity index is 1060. The van der Waals surface area contributed by atoms with Crippen molar-refractivity contribution in [3.8, 4) is 0 Å². The Balaban J connectivity index is 1.52. The van der Waals surface area contributed by atoms with Crippen LogP contribution in [0.5, 0.6) is 0 Å². The highest BCUT2D eigenvalue weighted by Crippen LogP contribution is 2.27. The van der Waals surface area contributed by atoms with E-state index in [0.717, 1.165) is 6.42 Å². The van der Waals surface area contributed by atoms with Gasteiger partial charge in [0.25, 0.3) is 5.91 Å². The van der Waals surface area contributed by atoms with Gasteiger partial charge in [-0.2, -0.15) is 4.31 Å². The maximum Gasteiger partial charge on any atom is 0.252 e. The second kappa shape index (κ2) is 10.5. The van der Waals surface area contributed by atoms with Crippen molar-refractivity contribution in [1.82, 2.24) is 9.62 Å². The van der Waals surface area contributed by atoms with E-state index in [1.165, 1.54) is 12.1 Å². The first-order valence-electron chi connectivity index (χ1n) is 10.6. The van der Waals surface area contributed by atoms with Crippen molar-refractivity contribution in [3.05, 3.63) is 59.1 Å². The Kier molecular flexibility index (Phi) is 7.92. The van der Waals surface area contributed by atoms with Gasteiger partial charge in [0.15, 0.2) is 0 Å². The summed E-state index contributed by atoms with van der Waals surface area (Å²) in [5.74, 6) is 0.00837. The van der Waals surface area contributed by atoms with E-state index >= 15 is 0 Å². The minimum Gasteiger partial charge on any atom is -0.351 e. The summed E-state index contributed by atoms with van der Waals surface area (Å²) in [5, 5.41) is 5.72. The molecule has 0 radical (unpaired) electrons. The Morgan fingerprint density at radius 2 is 1.66 bits per heavy atom. The lowest BCUT2D eigenvalue weighted by atomic mass is 9.94. The van der Waals surface area contributed by atoms with Crippen LogP contribution in [0.2, 0.25) is 5.02 Å². The zero-order chi connectivity index (χ0) is 23.3. The Labute approximate surface area is 194 Å². The summed E-state index contributed by atoms with van der Waals surface area (Å²) in [6.45, 7) is 5.31. The first-order chi connectivity index (χ1) is 15.2. The van der Waals surface area contributed by atoms with Crippen LogP contribution in [0.3, 0.4) is 0 Å². The average molecular weight is 478 g/mol. The summed E-state index contributed by atoms with van der Waals surface area (Å²) in [4.78, 5) is 24.5. The molecule has 1 saturated heterocycles. The topological polar surface area (TPSA) is 95.6 Å². The maximum absolute atomic E-state index is 12.9. The fourth-order valence-corrected chi connectivity index (χ4v) is 5.82. The van der Waals surface area contributed by atoms with Crippen LogP contribution in [-0.4, -0.2) is 44.2 Å². The van der Waals surface area contributed by atoms with Crippen LogP contribution >= 0.6 is 11.6 Å². The predicted octanol–water partition coefficient (Wildman–Crippen LogP) is 3.77. The normalized spacial score (nSPS) is 19.3. The first-order valence-corrected chi connectivity index (χ1v) is 12.4. The highest BCUT2D eigenvalue weighted by molar-refractivity contribution is 7.89. The zero-order valence-corrected chi connectivity index (χ0v) is 19.7. The van der Waals surface area contributed by atoms with E-state index in [9.17, 15) is 18.0 Å². The number of nitrogens with one attached hydrogen (secondary N) is 2. The van der Waals surface area contributed by atoms with Gasteiger partial charge in [-0.25, -0.2) is 8.42 Å². The monoisotopic (exact) mass is 477 g/mol. The number of amides is 2. The number of piperidine rings is 1. The van der Waals surface area contributed by atoms with Crippen LogP contribution in [-0.2, 0) is 14.8 Å². The molecule has 9 heteroatoms. The van der Waals surface area contributed by atoms with Gasteiger partial charge < -0.3 is 10.6 Å². The highest BCUT2D eigenvalue weighted by Gasteiger charge is 2.31. The predicted molar refractivity (Wildman–Crippen MR) is 125 cm³/mol. The largest absolute Gasteiger partial charge is 0.351 e. The van der Waals surface area contributed by atoms with Crippen LogP contribution < -0.4 is 10.6 Å². The van der Waals surface area contributed by atoms with Crippen molar-refractivity contribution >= 4 is 39.1 Å². The lowest BCUT2D eigenvalue weighted by Gasteiger charge is -2.34. The van der Waals surface area contributed by atoms with E-state index in [2.05, 4.69) is 24.5 Å². The average Bonchev–Trinajstić information content (AvgIpc) is 2.73. The van der Waals surface area contributed by atoms with Crippen LogP contribution in [0.1, 0.15) is 37.0 Å².